The van der Waals surface area contributed by atoms with Crippen molar-refractivity contribution in [1.29, 1.82) is 0 Å². The van der Waals surface area contributed by atoms with E-state index in [1.165, 1.54) is 11.1 Å². The molecule has 0 unspecified atom stereocenters. The lowest BCUT2D eigenvalue weighted by atomic mass is 9.62. The Morgan fingerprint density at radius 1 is 1.06 bits per heavy atom. The number of aryl methyl sites for hydroxylation is 1. The molecule has 10 nitrogen and oxygen atoms in total. The third-order valence-corrected chi connectivity index (χ3v) is 16.1. The minimum atomic E-state index is -3.96. The fraction of sp³-hybridized carbons (Fsp3) is 0.650. The van der Waals surface area contributed by atoms with Crippen molar-refractivity contribution in [3.8, 4) is 5.75 Å². The number of anilines is 1. The maximum atomic E-state index is 13.7. The zero-order chi connectivity index (χ0) is 36.6. The molecule has 8 rings (SSSR count). The van der Waals surface area contributed by atoms with Crippen molar-refractivity contribution < 1.29 is 27.9 Å². The van der Waals surface area contributed by atoms with Crippen molar-refractivity contribution >= 4 is 39.1 Å². The van der Waals surface area contributed by atoms with Crippen LogP contribution in [0.4, 0.5) is 5.69 Å². The number of piperazine rings is 1. The number of fused-ring (bicyclic) bond motifs is 5. The van der Waals surface area contributed by atoms with E-state index >= 15 is 0 Å². The number of sulfonamides is 1. The first kappa shape index (κ1) is 36.1. The Kier molecular flexibility index (Phi) is 9.15. The first-order valence-corrected chi connectivity index (χ1v) is 21.2. The molecule has 6 aliphatic rings. The van der Waals surface area contributed by atoms with Crippen molar-refractivity contribution in [3.63, 3.8) is 0 Å². The van der Waals surface area contributed by atoms with Crippen LogP contribution in [0.3, 0.4) is 0 Å². The van der Waals surface area contributed by atoms with Gasteiger partial charge in [0.1, 0.15) is 5.75 Å². The van der Waals surface area contributed by atoms with Crippen LogP contribution in [-0.4, -0.2) is 97.4 Å². The number of β-amino-alcohol motifs (C(OH)–C–C–N with tert-alkyl or cyclic N) is 1. The Morgan fingerprint density at radius 2 is 1.88 bits per heavy atom. The molecular formula is C40H53ClN4O6S. The maximum absolute atomic E-state index is 13.7. The number of nitrogens with zero attached hydrogens (tertiary/aromatic N) is 3. The summed E-state index contributed by atoms with van der Waals surface area (Å²) in [5.41, 5.74) is 2.19. The molecule has 3 aliphatic heterocycles. The van der Waals surface area contributed by atoms with Gasteiger partial charge in [-0.3, -0.25) is 14.5 Å². The van der Waals surface area contributed by atoms with Gasteiger partial charge in [0.15, 0.2) is 0 Å². The zero-order valence-electron chi connectivity index (χ0n) is 30.7. The van der Waals surface area contributed by atoms with Gasteiger partial charge in [-0.05, 0) is 131 Å². The highest BCUT2D eigenvalue weighted by molar-refractivity contribution is 7.91. The summed E-state index contributed by atoms with van der Waals surface area (Å²) in [5.74, 6) is 0.247. The monoisotopic (exact) mass is 752 g/mol. The lowest BCUT2D eigenvalue weighted by Gasteiger charge is -2.52. The molecule has 2 bridgehead atoms. The van der Waals surface area contributed by atoms with Crippen LogP contribution in [0, 0.1) is 17.8 Å². The molecule has 2 aromatic rings. The summed E-state index contributed by atoms with van der Waals surface area (Å²) in [5, 5.41) is 13.5. The number of nitrogens with one attached hydrogen (secondary N) is 1. The molecule has 2 amide bonds. The number of benzene rings is 2. The minimum Gasteiger partial charge on any atom is -0.490 e. The van der Waals surface area contributed by atoms with Crippen molar-refractivity contribution in [2.45, 2.75) is 100 Å². The van der Waals surface area contributed by atoms with Crippen LogP contribution in [0.2, 0.25) is 5.02 Å². The standard InChI is InChI=1S/C40H53ClN4O6S/c1-26(2)45-17-16-43(22-36(45)46)24-40(48)15-5-7-30-20-38(30,3)52(49,50)42-37(47)28-9-13-35-34(19-28)44(21-29-8-11-33(29)40)23-39(25-51-35)14-4-6-27-18-31(41)10-12-32(27)39/h9-10,12-13,18-19,26,29-30,33,48H,4-8,11,14-17,20-25H2,1-3H3,(H,42,47)/t29-,30+,33+,38+,39-,40+/m0/s1. The van der Waals surface area contributed by atoms with E-state index in [0.717, 1.165) is 42.8 Å². The smallest absolute Gasteiger partial charge is 0.264 e. The summed E-state index contributed by atoms with van der Waals surface area (Å²) in [6.07, 6.45) is 7.09. The van der Waals surface area contributed by atoms with Gasteiger partial charge >= 0.3 is 0 Å². The summed E-state index contributed by atoms with van der Waals surface area (Å²) >= 11 is 6.47. The Morgan fingerprint density at radius 3 is 2.63 bits per heavy atom. The highest BCUT2D eigenvalue weighted by atomic mass is 35.5. The van der Waals surface area contributed by atoms with Crippen LogP contribution >= 0.6 is 11.6 Å². The molecule has 2 aromatic carbocycles. The van der Waals surface area contributed by atoms with Crippen molar-refractivity contribution in [3.05, 3.63) is 58.1 Å². The lowest BCUT2D eigenvalue weighted by molar-refractivity contribution is -0.143. The largest absolute Gasteiger partial charge is 0.490 e. The second kappa shape index (κ2) is 13.2. The van der Waals surface area contributed by atoms with Gasteiger partial charge in [0.05, 0.1) is 29.2 Å². The topological polar surface area (TPSA) is 119 Å². The summed E-state index contributed by atoms with van der Waals surface area (Å²) in [6.45, 7) is 9.68. The molecule has 3 fully saturated rings. The molecule has 1 spiro atoms. The summed E-state index contributed by atoms with van der Waals surface area (Å²) in [7, 11) is -3.96. The van der Waals surface area contributed by atoms with Gasteiger partial charge in [0.2, 0.25) is 15.9 Å². The quantitative estimate of drug-likeness (QED) is 0.443. The third kappa shape index (κ3) is 6.31. The van der Waals surface area contributed by atoms with Crippen LogP contribution in [-0.2, 0) is 26.7 Å². The van der Waals surface area contributed by atoms with Gasteiger partial charge in [-0.25, -0.2) is 13.1 Å². The number of hydrogen-bond donors (Lipinski definition) is 2. The van der Waals surface area contributed by atoms with E-state index in [-0.39, 0.29) is 40.7 Å². The van der Waals surface area contributed by atoms with Gasteiger partial charge in [-0.15, -0.1) is 0 Å². The fourth-order valence-corrected chi connectivity index (χ4v) is 12.1. The summed E-state index contributed by atoms with van der Waals surface area (Å²) in [6, 6.07) is 11.6. The Balaban J connectivity index is 1.16. The number of rotatable bonds is 3. The SMILES string of the molecule is CC(C)N1CCN(C[C@]2(O)CCC[C@@H]3C[C@@]3(C)S(=O)(=O)NC(=O)c3ccc4c(c3)N(C[C@@H]3CC[C@H]32)C[C@@]2(CCCc3cc(Cl)ccc32)CO4)CC1=O. The summed E-state index contributed by atoms with van der Waals surface area (Å²) < 4.78 is 35.4. The van der Waals surface area contributed by atoms with Gasteiger partial charge in [-0.1, -0.05) is 24.1 Å². The van der Waals surface area contributed by atoms with Crippen LogP contribution in [0.15, 0.2) is 36.4 Å². The second-order valence-corrected chi connectivity index (χ2v) is 19.8. The van der Waals surface area contributed by atoms with Crippen molar-refractivity contribution in [1.82, 2.24) is 14.5 Å². The first-order valence-electron chi connectivity index (χ1n) is 19.3. The van der Waals surface area contributed by atoms with Crippen LogP contribution < -0.4 is 14.4 Å². The van der Waals surface area contributed by atoms with Crippen molar-refractivity contribution in [2.24, 2.45) is 17.8 Å². The molecule has 3 heterocycles. The van der Waals surface area contributed by atoms with Crippen molar-refractivity contribution in [2.75, 3.05) is 50.8 Å². The number of amides is 2. The molecule has 6 atom stereocenters. The van der Waals surface area contributed by atoms with E-state index in [9.17, 15) is 23.1 Å². The normalized spacial score (nSPS) is 34.7. The average molecular weight is 753 g/mol. The first-order chi connectivity index (χ1) is 24.7. The second-order valence-electron chi connectivity index (χ2n) is 17.3. The average Bonchev–Trinajstić information content (AvgIpc) is 3.78. The molecule has 52 heavy (non-hydrogen) atoms. The number of halogens is 1. The van der Waals surface area contributed by atoms with Gasteiger partial charge in [0.25, 0.3) is 5.91 Å². The van der Waals surface area contributed by atoms with Gasteiger partial charge in [0, 0.05) is 54.8 Å². The molecule has 3 aliphatic carbocycles. The van der Waals surface area contributed by atoms with Crippen LogP contribution in [0.1, 0.15) is 93.6 Å². The van der Waals surface area contributed by atoms with E-state index in [1.807, 2.05) is 30.9 Å². The van der Waals surface area contributed by atoms with Crippen LogP contribution in [0.25, 0.3) is 0 Å². The third-order valence-electron chi connectivity index (χ3n) is 13.7. The highest BCUT2D eigenvalue weighted by Crippen LogP contribution is 2.54. The van der Waals surface area contributed by atoms with E-state index in [0.29, 0.717) is 77.3 Å². The Labute approximate surface area is 313 Å². The molecule has 2 N–H and O–H groups in total. The van der Waals surface area contributed by atoms with Crippen LogP contribution in [0.5, 0.6) is 5.75 Å². The number of ether oxygens (including phenoxy) is 1. The van der Waals surface area contributed by atoms with E-state index in [1.54, 1.807) is 19.1 Å². The molecule has 282 valence electrons. The molecule has 12 heteroatoms. The summed E-state index contributed by atoms with van der Waals surface area (Å²) in [4.78, 5) is 33.2. The number of hydrogen-bond acceptors (Lipinski definition) is 8. The molecular weight excluding hydrogens is 700 g/mol. The highest BCUT2D eigenvalue weighted by Gasteiger charge is 2.60. The van der Waals surface area contributed by atoms with E-state index < -0.39 is 26.3 Å². The van der Waals surface area contributed by atoms with Gasteiger partial charge in [-0.2, -0.15) is 0 Å². The molecule has 0 aromatic heterocycles. The molecule has 1 saturated heterocycles. The molecule has 2 saturated carbocycles. The molecule has 0 radical (unpaired) electrons. The predicted octanol–water partition coefficient (Wildman–Crippen LogP) is 5.15. The minimum absolute atomic E-state index is 0.0143. The van der Waals surface area contributed by atoms with Gasteiger partial charge < -0.3 is 19.6 Å². The maximum Gasteiger partial charge on any atom is 0.264 e. The number of carbonyl (C=O) groups is 2. The fourth-order valence-electron chi connectivity index (χ4n) is 10.3. The van der Waals surface area contributed by atoms with E-state index in [2.05, 4.69) is 26.7 Å². The Hall–Kier alpha value is -2.86. The van der Waals surface area contributed by atoms with E-state index in [4.69, 9.17) is 16.3 Å². The Bertz CT molecular complexity index is 1870. The predicted molar refractivity (Wildman–Crippen MR) is 201 cm³/mol. The number of aliphatic hydroxyl groups is 1. The lowest BCUT2D eigenvalue weighted by Crippen LogP contribution is -2.60. The zero-order valence-corrected chi connectivity index (χ0v) is 32.3. The number of carbonyl (C=O) groups excluding carboxylic acids is 2.